The molecule has 2 aliphatic heterocycles. The Morgan fingerprint density at radius 3 is 1.48 bits per heavy atom. The van der Waals surface area contributed by atoms with Gasteiger partial charge in [0.15, 0.2) is 54.4 Å². The summed E-state index contributed by atoms with van der Waals surface area (Å²) in [6.07, 6.45) is -3.58. The Labute approximate surface area is 464 Å². The molecule has 0 spiro atoms. The van der Waals surface area contributed by atoms with Crippen LogP contribution in [0, 0.1) is 35.0 Å². The van der Waals surface area contributed by atoms with Gasteiger partial charge in [-0.3, -0.25) is 9.13 Å². The van der Waals surface area contributed by atoms with Gasteiger partial charge in [0.05, 0.1) is 46.8 Å². The summed E-state index contributed by atoms with van der Waals surface area (Å²) in [6.45, 7) is 5.91. The van der Waals surface area contributed by atoms with Gasteiger partial charge in [-0.2, -0.15) is 10.2 Å². The first-order valence-corrected chi connectivity index (χ1v) is 33.1. The van der Waals surface area contributed by atoms with Gasteiger partial charge in [0.25, 0.3) is 0 Å². The first-order valence-electron chi connectivity index (χ1n) is 25.9. The van der Waals surface area contributed by atoms with E-state index in [9.17, 15) is 46.4 Å². The van der Waals surface area contributed by atoms with E-state index in [1.807, 2.05) is 38.1 Å². The SMILES string of the molecule is CC(C)C#Cc1nc(N[C@@H]2CCc3ccccc32)c2cnn([C@@H]3O[C@H](CS(=O)(=O)CP(=O)(O)O)[C@@H](O)[C@H]3O)c2n1.CC1(C#Cc2nc(N[C@@H]3CCc4ccccc43)c3cnn([C@@H]4O[C@H](CS(=O)(=O)CP(=O)(O)O)[C@@H](O)[C@H]4O)c3n2)CC1. The third-order valence-electron chi connectivity index (χ3n) is 14.5. The van der Waals surface area contributed by atoms with Crippen molar-refractivity contribution in [2.45, 2.75) is 120 Å². The lowest BCUT2D eigenvalue weighted by Crippen LogP contribution is -2.36. The zero-order chi connectivity index (χ0) is 58.0. The van der Waals surface area contributed by atoms with Crippen LogP contribution in [0.5, 0.6) is 0 Å². The fraction of sp³-hybridized carbons (Fsp3) is 0.490. The van der Waals surface area contributed by atoms with Crippen LogP contribution in [0.3, 0.4) is 0 Å². The molecule has 30 heteroatoms. The highest BCUT2D eigenvalue weighted by Crippen LogP contribution is 2.45. The molecule has 0 bridgehead atoms. The van der Waals surface area contributed by atoms with Gasteiger partial charge >= 0.3 is 15.2 Å². The third kappa shape index (κ3) is 13.4. The van der Waals surface area contributed by atoms with Gasteiger partial charge in [-0.1, -0.05) is 74.2 Å². The summed E-state index contributed by atoms with van der Waals surface area (Å²) in [6, 6.07) is 16.3. The normalized spacial score (nSPS) is 25.8. The van der Waals surface area contributed by atoms with Gasteiger partial charge in [-0.25, -0.2) is 46.1 Å². The molecule has 26 nitrogen and oxygen atoms in total. The molecule has 2 saturated heterocycles. The molecule has 0 unspecified atom stereocenters. The number of nitrogens with zero attached hydrogens (tertiary/aromatic N) is 8. The average Bonchev–Trinajstić information content (AvgIpc) is 4.18. The number of aromatic nitrogens is 8. The van der Waals surface area contributed by atoms with Gasteiger partial charge in [-0.15, -0.1) is 0 Å². The van der Waals surface area contributed by atoms with Crippen molar-refractivity contribution >= 4 is 68.6 Å². The third-order valence-corrected chi connectivity index (χ3v) is 22.0. The first-order chi connectivity index (χ1) is 38.1. The zero-order valence-electron chi connectivity index (χ0n) is 43.8. The Hall–Kier alpha value is -5.78. The number of hydrogen-bond acceptors (Lipinski definition) is 20. The quantitative estimate of drug-likeness (QED) is 0.0553. The molecule has 0 radical (unpaired) electrons. The minimum Gasteiger partial charge on any atom is -0.387 e. The highest BCUT2D eigenvalue weighted by Gasteiger charge is 2.49. The smallest absolute Gasteiger partial charge is 0.340 e. The number of hydrogen-bond donors (Lipinski definition) is 10. The number of aryl methyl sites for hydroxylation is 2. The van der Waals surface area contributed by atoms with Crippen molar-refractivity contribution < 1.29 is 75.4 Å². The van der Waals surface area contributed by atoms with Crippen LogP contribution in [-0.2, 0) is 51.1 Å². The van der Waals surface area contributed by atoms with E-state index in [1.54, 1.807) is 0 Å². The van der Waals surface area contributed by atoms with Crippen LogP contribution < -0.4 is 10.6 Å². The average molecular weight is 1200 g/mol. The molecular weight excluding hydrogens is 1130 g/mol. The monoisotopic (exact) mass is 1190 g/mol. The fourth-order valence-corrected chi connectivity index (χ4v) is 16.8. The predicted octanol–water partition coefficient (Wildman–Crippen LogP) is 2.35. The van der Waals surface area contributed by atoms with E-state index in [-0.39, 0.29) is 46.4 Å². The summed E-state index contributed by atoms with van der Waals surface area (Å²) >= 11 is 0. The Morgan fingerprint density at radius 1 is 0.654 bits per heavy atom. The summed E-state index contributed by atoms with van der Waals surface area (Å²) in [4.78, 5) is 54.8. The van der Waals surface area contributed by atoms with Gasteiger partial charge < -0.3 is 60.1 Å². The van der Waals surface area contributed by atoms with E-state index in [2.05, 4.69) is 95.6 Å². The molecule has 6 heterocycles. The molecule has 0 amide bonds. The van der Waals surface area contributed by atoms with Crippen LogP contribution in [0.1, 0.15) is 105 Å². The fourth-order valence-electron chi connectivity index (χ4n) is 10.3. The molecule has 11 rings (SSSR count). The molecule has 10 N–H and O–H groups in total. The van der Waals surface area contributed by atoms with E-state index >= 15 is 0 Å². The number of aliphatic hydroxyl groups is 4. The molecule has 2 aromatic carbocycles. The maximum atomic E-state index is 12.3. The lowest BCUT2D eigenvalue weighted by Gasteiger charge is -2.17. The number of ether oxygens (including phenoxy) is 2. The summed E-state index contributed by atoms with van der Waals surface area (Å²) in [7, 11) is -18.4. The molecular formula is C51H60N10O16P2S2. The number of anilines is 2. The lowest BCUT2D eigenvalue weighted by atomic mass is 10.1. The molecule has 3 fully saturated rings. The van der Waals surface area contributed by atoms with E-state index in [1.165, 1.54) is 38.4 Å². The first kappa shape index (κ1) is 58.4. The van der Waals surface area contributed by atoms with Crippen LogP contribution in [0.4, 0.5) is 11.6 Å². The van der Waals surface area contributed by atoms with E-state index in [4.69, 9.17) is 29.0 Å². The maximum Gasteiger partial charge on any atom is 0.340 e. The second kappa shape index (κ2) is 22.4. The highest BCUT2D eigenvalue weighted by atomic mass is 32.2. The number of benzene rings is 2. The molecule has 432 valence electrons. The maximum absolute atomic E-state index is 12.3. The number of nitrogens with one attached hydrogen (secondary N) is 2. The van der Waals surface area contributed by atoms with Crippen molar-refractivity contribution in [2.24, 2.45) is 11.3 Å². The lowest BCUT2D eigenvalue weighted by molar-refractivity contribution is -0.0365. The van der Waals surface area contributed by atoms with Crippen LogP contribution in [-0.4, -0.2) is 155 Å². The van der Waals surface area contributed by atoms with Crippen molar-refractivity contribution in [2.75, 3.05) is 33.1 Å². The van der Waals surface area contributed by atoms with Crippen LogP contribution in [0.25, 0.3) is 22.1 Å². The topological polar surface area (TPSA) is 394 Å². The number of aliphatic hydroxyl groups excluding tert-OH is 4. The van der Waals surface area contributed by atoms with Crippen molar-refractivity contribution in [1.29, 1.82) is 0 Å². The molecule has 6 aromatic rings. The molecule has 81 heavy (non-hydrogen) atoms. The standard InChI is InChI=1S/C26H30N5O8PS.C25H30N5O8PS/c1-26(10-11-26)9-8-20-29-23(28-18-7-6-15-4-2-3-5-16(15)18)17-12-27-31(24(17)30-20)25-22(33)21(32)19(39-25)13-41(37,38)14-40(34,35)36;1-14(2)7-10-20-28-23(27-18-9-8-15-5-3-4-6-16(15)18)17-11-26-30(24(17)29-20)25-22(32)21(31)19(38-25)12-40(36,37)13-39(33,34)35/h2-5,12,18-19,21-22,25,32-33H,6-7,10-11,13-14H2,1H3,(H,28,29,30)(H2,34,35,36);3-6,11,14,18-19,21-22,25,31-32H,8-9,12-13H2,1-2H3,(H,27,28,29)(H2,33,34,35)/t2*18-,19-,21-,22-,25-/m11/s1. The molecule has 10 atom stereocenters. The minimum absolute atomic E-state index is 0.00633. The number of fused-ring (bicyclic) bond motifs is 4. The van der Waals surface area contributed by atoms with Gasteiger partial charge in [0.2, 0.25) is 11.6 Å². The van der Waals surface area contributed by atoms with Gasteiger partial charge in [-0.05, 0) is 79.5 Å². The molecule has 4 aromatic heterocycles. The van der Waals surface area contributed by atoms with Crippen LogP contribution in [0.2, 0.25) is 0 Å². The van der Waals surface area contributed by atoms with Gasteiger partial charge in [0.1, 0.15) is 48.3 Å². The second-order valence-corrected chi connectivity index (χ2v) is 29.9. The largest absolute Gasteiger partial charge is 0.387 e. The van der Waals surface area contributed by atoms with Gasteiger partial charge in [0, 0.05) is 11.3 Å². The van der Waals surface area contributed by atoms with Crippen molar-refractivity contribution in [3.05, 3.63) is 94.8 Å². The second-order valence-electron chi connectivity index (χ2n) is 21.5. The highest BCUT2D eigenvalue weighted by molar-refractivity contribution is 7.97. The summed E-state index contributed by atoms with van der Waals surface area (Å²) in [5, 5.41) is 59.4. The van der Waals surface area contributed by atoms with E-state index in [0.717, 1.165) is 44.1 Å². The van der Waals surface area contributed by atoms with Crippen molar-refractivity contribution in [1.82, 2.24) is 39.5 Å². The number of sulfone groups is 2. The van der Waals surface area contributed by atoms with E-state index in [0.29, 0.717) is 22.4 Å². The van der Waals surface area contributed by atoms with Crippen LogP contribution in [0.15, 0.2) is 60.9 Å². The Morgan fingerprint density at radius 2 is 1.07 bits per heavy atom. The molecule has 3 aliphatic carbocycles. The Balaban J connectivity index is 0.000000182. The zero-order valence-corrected chi connectivity index (χ0v) is 47.2. The Kier molecular flexibility index (Phi) is 16.2. The number of rotatable bonds is 14. The molecule has 5 aliphatic rings. The predicted molar refractivity (Wildman–Crippen MR) is 292 cm³/mol. The van der Waals surface area contributed by atoms with Crippen molar-refractivity contribution in [3.63, 3.8) is 0 Å². The van der Waals surface area contributed by atoms with Crippen molar-refractivity contribution in [3.8, 4) is 23.7 Å². The summed E-state index contributed by atoms with van der Waals surface area (Å²) in [5.41, 5.74) is 2.45. The van der Waals surface area contributed by atoms with E-state index < -0.39 is 106 Å². The minimum atomic E-state index is -4.88. The molecule has 1 saturated carbocycles. The Bertz CT molecular complexity index is 3860. The summed E-state index contributed by atoms with van der Waals surface area (Å²) < 4.78 is 85.6. The van der Waals surface area contributed by atoms with Crippen LogP contribution >= 0.6 is 15.2 Å². The summed E-state index contributed by atoms with van der Waals surface area (Å²) in [5.74, 6) is 11.9.